The number of halogens is 1. The Morgan fingerprint density at radius 3 is 1.94 bits per heavy atom. The van der Waals surface area contributed by atoms with E-state index in [0.717, 1.165) is 11.1 Å². The highest BCUT2D eigenvalue weighted by Gasteiger charge is 2.38. The Morgan fingerprint density at radius 1 is 0.824 bits per heavy atom. The monoisotopic (exact) mass is 252 g/mol. The van der Waals surface area contributed by atoms with Crippen LogP contribution in [0.2, 0.25) is 0 Å². The van der Waals surface area contributed by atoms with Gasteiger partial charge in [0.2, 0.25) is 0 Å². The molecule has 4 nitrogen and oxygen atoms in total. The molecule has 0 saturated carbocycles. The third-order valence-corrected chi connectivity index (χ3v) is 2.79. The second-order valence-electron chi connectivity index (χ2n) is 4.17. The first-order valence-electron chi connectivity index (χ1n) is 5.05. The first-order chi connectivity index (χ1) is 7.42. The Kier molecular flexibility index (Phi) is 3.76. The van der Waals surface area contributed by atoms with Crippen molar-refractivity contribution in [2.24, 2.45) is 22.9 Å². The highest BCUT2D eigenvalue weighted by atomic mass is 35.5. The zero-order chi connectivity index (χ0) is 11.8. The fourth-order valence-electron chi connectivity index (χ4n) is 1.61. The maximum Gasteiger partial charge on any atom is 0.120 e. The quantitative estimate of drug-likeness (QED) is 0.539. The molecule has 17 heavy (non-hydrogen) atoms. The van der Waals surface area contributed by atoms with Crippen molar-refractivity contribution in [2.75, 3.05) is 0 Å². The van der Waals surface area contributed by atoms with Gasteiger partial charge in [0, 0.05) is 0 Å². The van der Waals surface area contributed by atoms with Crippen LogP contribution in [0.3, 0.4) is 0 Å². The molecule has 0 heterocycles. The van der Waals surface area contributed by atoms with Gasteiger partial charge in [-0.3, -0.25) is 0 Å². The van der Waals surface area contributed by atoms with E-state index >= 15 is 0 Å². The molecule has 0 bridgehead atoms. The molecule has 0 atom stereocenters. The van der Waals surface area contributed by atoms with Gasteiger partial charge in [0.05, 0.1) is 0 Å². The number of hydrogen-bond donors (Lipinski definition) is 4. The first-order valence-corrected chi connectivity index (χ1v) is 5.05. The van der Waals surface area contributed by atoms with Crippen molar-refractivity contribution in [3.8, 4) is 0 Å². The number of allylic oxidation sites excluding steroid dienone is 2. The van der Waals surface area contributed by atoms with Gasteiger partial charge in [0.15, 0.2) is 0 Å². The lowest BCUT2D eigenvalue weighted by atomic mass is 9.86. The van der Waals surface area contributed by atoms with Crippen LogP contribution in [0, 0.1) is 0 Å². The van der Waals surface area contributed by atoms with Gasteiger partial charge in [-0.05, 0) is 23.3 Å². The van der Waals surface area contributed by atoms with E-state index < -0.39 is 11.3 Å². The minimum Gasteiger partial charge on any atom is -0.307 e. The van der Waals surface area contributed by atoms with Crippen LogP contribution in [0.1, 0.15) is 5.56 Å². The van der Waals surface area contributed by atoms with Crippen molar-refractivity contribution in [1.82, 2.24) is 0 Å². The van der Waals surface area contributed by atoms with Gasteiger partial charge in [-0.1, -0.05) is 36.4 Å². The Labute approximate surface area is 107 Å². The summed E-state index contributed by atoms with van der Waals surface area (Å²) in [6.45, 7) is 0. The number of benzene rings is 1. The van der Waals surface area contributed by atoms with E-state index in [1.54, 1.807) is 12.2 Å². The standard InChI is InChI=1S/C12H16N4.ClH/c13-11(14)7-6-10(8-12(11,15)16)9-4-2-1-3-5-9;/h1-8H,13-16H2;1H. The molecule has 5 heteroatoms. The van der Waals surface area contributed by atoms with Crippen LogP contribution in [-0.4, -0.2) is 11.3 Å². The van der Waals surface area contributed by atoms with Crippen molar-refractivity contribution >= 4 is 18.0 Å². The van der Waals surface area contributed by atoms with Gasteiger partial charge < -0.3 is 22.9 Å². The highest BCUT2D eigenvalue weighted by molar-refractivity contribution is 5.85. The Balaban J connectivity index is 0.00000144. The van der Waals surface area contributed by atoms with Gasteiger partial charge in [0.25, 0.3) is 0 Å². The van der Waals surface area contributed by atoms with Crippen LogP contribution in [-0.2, 0) is 0 Å². The summed E-state index contributed by atoms with van der Waals surface area (Å²) in [5.74, 6) is 0. The summed E-state index contributed by atoms with van der Waals surface area (Å²) in [6.07, 6.45) is 5.17. The predicted octanol–water partition coefficient (Wildman–Crippen LogP) is 0.289. The van der Waals surface area contributed by atoms with Gasteiger partial charge >= 0.3 is 0 Å². The lowest BCUT2D eigenvalue weighted by Gasteiger charge is -2.38. The summed E-state index contributed by atoms with van der Waals surface area (Å²) >= 11 is 0. The maximum absolute atomic E-state index is 5.88. The maximum atomic E-state index is 5.88. The van der Waals surface area contributed by atoms with Gasteiger partial charge in [0.1, 0.15) is 11.3 Å². The molecule has 1 aromatic rings. The van der Waals surface area contributed by atoms with E-state index in [2.05, 4.69) is 0 Å². The Bertz CT molecular complexity index is 449. The SMILES string of the molecule is Cl.NC1(N)C=CC(c2ccccc2)=CC1(N)N. The van der Waals surface area contributed by atoms with Crippen molar-refractivity contribution in [1.29, 1.82) is 0 Å². The van der Waals surface area contributed by atoms with Crippen LogP contribution in [0.5, 0.6) is 0 Å². The van der Waals surface area contributed by atoms with E-state index in [4.69, 9.17) is 22.9 Å². The molecule has 0 unspecified atom stereocenters. The average molecular weight is 253 g/mol. The second-order valence-corrected chi connectivity index (χ2v) is 4.17. The molecule has 1 aromatic carbocycles. The molecule has 0 aliphatic heterocycles. The fourth-order valence-corrected chi connectivity index (χ4v) is 1.61. The lowest BCUT2D eigenvalue weighted by Crippen LogP contribution is -2.74. The predicted molar refractivity (Wildman–Crippen MR) is 73.0 cm³/mol. The van der Waals surface area contributed by atoms with Crippen LogP contribution in [0.4, 0.5) is 0 Å². The molecule has 0 saturated heterocycles. The molecule has 2 rings (SSSR count). The Hall–Kier alpha value is -1.17. The van der Waals surface area contributed by atoms with Gasteiger partial charge in [-0.2, -0.15) is 0 Å². The van der Waals surface area contributed by atoms with Crippen LogP contribution >= 0.6 is 12.4 Å². The lowest BCUT2D eigenvalue weighted by molar-refractivity contribution is 0.349. The zero-order valence-corrected chi connectivity index (χ0v) is 10.2. The average Bonchev–Trinajstić information content (AvgIpc) is 2.23. The van der Waals surface area contributed by atoms with E-state index in [1.807, 2.05) is 36.4 Å². The largest absolute Gasteiger partial charge is 0.307 e. The van der Waals surface area contributed by atoms with Crippen molar-refractivity contribution in [2.45, 2.75) is 11.3 Å². The summed E-state index contributed by atoms with van der Waals surface area (Å²) < 4.78 is 0. The normalized spacial score (nSPS) is 20.4. The molecule has 0 spiro atoms. The van der Waals surface area contributed by atoms with E-state index in [0.29, 0.717) is 0 Å². The van der Waals surface area contributed by atoms with Crippen LogP contribution < -0.4 is 22.9 Å². The van der Waals surface area contributed by atoms with Crippen molar-refractivity contribution < 1.29 is 0 Å². The summed E-state index contributed by atoms with van der Waals surface area (Å²) in [7, 11) is 0. The third-order valence-electron chi connectivity index (χ3n) is 2.79. The molecule has 0 fully saturated rings. The summed E-state index contributed by atoms with van der Waals surface area (Å²) in [5.41, 5.74) is 22.9. The highest BCUT2D eigenvalue weighted by Crippen LogP contribution is 2.25. The number of rotatable bonds is 1. The molecule has 1 aliphatic carbocycles. The summed E-state index contributed by atoms with van der Waals surface area (Å²) in [6, 6.07) is 9.81. The Morgan fingerprint density at radius 2 is 1.41 bits per heavy atom. The van der Waals surface area contributed by atoms with Gasteiger partial charge in [-0.15, -0.1) is 12.4 Å². The molecule has 8 N–H and O–H groups in total. The van der Waals surface area contributed by atoms with Crippen molar-refractivity contribution in [3.05, 3.63) is 54.1 Å². The van der Waals surface area contributed by atoms with Crippen LogP contribution in [0.15, 0.2) is 48.6 Å². The smallest absolute Gasteiger partial charge is 0.120 e. The van der Waals surface area contributed by atoms with E-state index in [9.17, 15) is 0 Å². The van der Waals surface area contributed by atoms with Crippen LogP contribution in [0.25, 0.3) is 5.57 Å². The molecule has 92 valence electrons. The fraction of sp³-hybridized carbons (Fsp3) is 0.167. The van der Waals surface area contributed by atoms with Crippen molar-refractivity contribution in [3.63, 3.8) is 0 Å². The molecule has 0 aromatic heterocycles. The van der Waals surface area contributed by atoms with E-state index in [-0.39, 0.29) is 12.4 Å². The summed E-state index contributed by atoms with van der Waals surface area (Å²) in [4.78, 5) is 0. The molecule has 1 aliphatic rings. The number of hydrogen-bond acceptors (Lipinski definition) is 4. The van der Waals surface area contributed by atoms with E-state index in [1.165, 1.54) is 0 Å². The first kappa shape index (κ1) is 13.9. The minimum absolute atomic E-state index is 0. The molecule has 0 amide bonds. The second kappa shape index (κ2) is 4.60. The summed E-state index contributed by atoms with van der Waals surface area (Å²) in [5, 5.41) is 0. The molecular formula is C12H17ClN4. The number of nitrogens with two attached hydrogens (primary N) is 4. The minimum atomic E-state index is -1.24. The van der Waals surface area contributed by atoms with Gasteiger partial charge in [-0.25, -0.2) is 0 Å². The molecular weight excluding hydrogens is 236 g/mol. The molecule has 0 radical (unpaired) electrons. The zero-order valence-electron chi connectivity index (χ0n) is 9.34. The third kappa shape index (κ3) is 2.57. The topological polar surface area (TPSA) is 104 Å².